The summed E-state index contributed by atoms with van der Waals surface area (Å²) in [4.78, 5) is 28.9. The number of methoxy groups -OCH3 is 2. The molecule has 6 rings (SSSR count). The molecule has 2 aromatic carbocycles. The van der Waals surface area contributed by atoms with E-state index in [1.54, 1.807) is 11.3 Å². The Hall–Kier alpha value is -3.59. The van der Waals surface area contributed by atoms with Crippen LogP contribution in [0.25, 0.3) is 32.0 Å². The second-order valence-electron chi connectivity index (χ2n) is 12.5. The molecule has 0 atom stereocenters. The summed E-state index contributed by atoms with van der Waals surface area (Å²) >= 11 is 1.56. The highest BCUT2D eigenvalue weighted by atomic mass is 32.1. The van der Waals surface area contributed by atoms with Crippen LogP contribution in [0.5, 0.6) is 11.5 Å². The molecule has 44 heavy (non-hydrogen) atoms. The molecule has 8 nitrogen and oxygen atoms in total. The highest BCUT2D eigenvalue weighted by molar-refractivity contribution is 7.22. The summed E-state index contributed by atoms with van der Waals surface area (Å²) in [5, 5.41) is 1.87. The van der Waals surface area contributed by atoms with Crippen LogP contribution in [0, 0.1) is 37.5 Å². The largest absolute Gasteiger partial charge is 0.492 e. The highest BCUT2D eigenvalue weighted by Gasteiger charge is 2.29. The number of rotatable bonds is 9. The van der Waals surface area contributed by atoms with E-state index in [0.29, 0.717) is 25.0 Å². The van der Waals surface area contributed by atoms with Crippen molar-refractivity contribution in [1.82, 2.24) is 4.98 Å². The smallest absolute Gasteiger partial charge is 0.308 e. The Morgan fingerprint density at radius 1 is 0.818 bits per heavy atom. The van der Waals surface area contributed by atoms with Crippen molar-refractivity contribution in [2.24, 2.45) is 23.7 Å². The molecular weight excluding hydrogens is 578 g/mol. The van der Waals surface area contributed by atoms with Gasteiger partial charge in [0.15, 0.2) is 10.8 Å². The number of fused-ring (bicyclic) bond motifs is 2. The highest BCUT2D eigenvalue weighted by Crippen LogP contribution is 2.43. The van der Waals surface area contributed by atoms with Crippen LogP contribution in [0.4, 0.5) is 0 Å². The van der Waals surface area contributed by atoms with E-state index in [9.17, 15) is 9.59 Å². The number of benzene rings is 2. The predicted molar refractivity (Wildman–Crippen MR) is 170 cm³/mol. The van der Waals surface area contributed by atoms with Crippen LogP contribution < -0.4 is 9.47 Å². The summed E-state index contributed by atoms with van der Waals surface area (Å²) in [6, 6.07) is 10.2. The van der Waals surface area contributed by atoms with Gasteiger partial charge in [0.05, 0.1) is 39.3 Å². The third-order valence-electron chi connectivity index (χ3n) is 9.38. The van der Waals surface area contributed by atoms with E-state index < -0.39 is 0 Å². The fraction of sp³-hybridized carbons (Fsp3) is 0.514. The molecule has 0 bridgehead atoms. The van der Waals surface area contributed by atoms with Gasteiger partial charge in [-0.05, 0) is 112 Å². The van der Waals surface area contributed by atoms with Gasteiger partial charge in [-0.25, -0.2) is 4.98 Å². The first-order chi connectivity index (χ1) is 21.3. The summed E-state index contributed by atoms with van der Waals surface area (Å²) in [5.41, 5.74) is 3.96. The zero-order valence-corrected chi connectivity index (χ0v) is 26.8. The Labute approximate surface area is 262 Å². The maximum absolute atomic E-state index is 12.0. The lowest BCUT2D eigenvalue weighted by molar-refractivity contribution is -0.147. The van der Waals surface area contributed by atoms with Crippen LogP contribution in [0.15, 0.2) is 34.7 Å². The lowest BCUT2D eigenvalue weighted by Crippen LogP contribution is -2.25. The maximum atomic E-state index is 12.0. The molecule has 0 aliphatic heterocycles. The molecule has 0 saturated heterocycles. The van der Waals surface area contributed by atoms with Crippen molar-refractivity contribution in [2.75, 3.05) is 27.4 Å². The minimum Gasteiger partial charge on any atom is -0.492 e. The molecule has 2 fully saturated rings. The lowest BCUT2D eigenvalue weighted by atomic mass is 9.82. The monoisotopic (exact) mass is 619 g/mol. The zero-order chi connectivity index (χ0) is 30.8. The fourth-order valence-electron chi connectivity index (χ4n) is 6.77. The first-order valence-electron chi connectivity index (χ1n) is 15.7. The Morgan fingerprint density at radius 2 is 1.39 bits per heavy atom. The van der Waals surface area contributed by atoms with Gasteiger partial charge < -0.3 is 23.4 Å². The molecule has 0 amide bonds. The Balaban J connectivity index is 1.23. The molecule has 2 heterocycles. The molecule has 4 aromatic rings. The number of esters is 2. The molecule has 2 aliphatic rings. The molecule has 9 heteroatoms. The Morgan fingerprint density at radius 3 is 1.98 bits per heavy atom. The van der Waals surface area contributed by atoms with Gasteiger partial charge in [0, 0.05) is 5.39 Å². The van der Waals surface area contributed by atoms with Crippen molar-refractivity contribution in [2.45, 2.75) is 65.2 Å². The number of aromatic nitrogens is 1. The molecule has 2 saturated carbocycles. The summed E-state index contributed by atoms with van der Waals surface area (Å²) in [6.45, 7) is 5.33. The maximum Gasteiger partial charge on any atom is 0.308 e. The van der Waals surface area contributed by atoms with Crippen molar-refractivity contribution >= 4 is 44.5 Å². The second kappa shape index (κ2) is 13.2. The van der Waals surface area contributed by atoms with Crippen molar-refractivity contribution in [3.05, 3.63) is 41.5 Å². The van der Waals surface area contributed by atoms with E-state index in [4.69, 9.17) is 28.3 Å². The number of hydrogen-bond donors (Lipinski definition) is 0. The van der Waals surface area contributed by atoms with Crippen molar-refractivity contribution in [3.8, 4) is 22.3 Å². The minimum absolute atomic E-state index is 0.00445. The summed E-state index contributed by atoms with van der Waals surface area (Å²) in [5.74, 6) is 2.78. The first kappa shape index (κ1) is 30.4. The number of hydrogen-bond acceptors (Lipinski definition) is 9. The molecule has 0 spiro atoms. The normalized spacial score (nSPS) is 22.2. The molecular formula is C35H41NO7S. The number of thiazole rings is 1. The SMILES string of the molecule is COC(=O)C1CCC(COc2ccc(OCC3CCC(C(=O)OC)CC3)c3sc(-c4cc5c(C)cc(C)cc5o4)nc23)CC1. The summed E-state index contributed by atoms with van der Waals surface area (Å²) in [7, 11) is 2.92. The summed E-state index contributed by atoms with van der Waals surface area (Å²) in [6.07, 6.45) is 7.07. The number of nitrogens with zero attached hydrogens (tertiary/aromatic N) is 1. The number of aryl methyl sites for hydroxylation is 2. The standard InChI is InChI=1S/C35H41NO7S/c1-20-15-21(2)26-17-30(43-29(26)16-20)33-36-31-27(41-18-22-5-9-24(10-6-22)34(37)39-3)13-14-28(32(31)44-33)42-19-23-7-11-25(12-8-23)35(38)40-4/h13-17,22-25H,5-12,18-19H2,1-4H3. The van der Waals surface area contributed by atoms with E-state index in [1.807, 2.05) is 12.1 Å². The van der Waals surface area contributed by atoms with Crippen LogP contribution in [-0.4, -0.2) is 44.4 Å². The second-order valence-corrected chi connectivity index (χ2v) is 13.5. The molecule has 234 valence electrons. The van der Waals surface area contributed by atoms with E-state index in [-0.39, 0.29) is 23.8 Å². The summed E-state index contributed by atoms with van der Waals surface area (Å²) < 4.78 is 30.0. The predicted octanol–water partition coefficient (Wildman–Crippen LogP) is 8.04. The zero-order valence-electron chi connectivity index (χ0n) is 26.0. The van der Waals surface area contributed by atoms with Gasteiger partial charge >= 0.3 is 11.9 Å². The fourth-order valence-corrected chi connectivity index (χ4v) is 7.77. The number of furan rings is 1. The van der Waals surface area contributed by atoms with E-state index in [2.05, 4.69) is 32.0 Å². The molecule has 2 aliphatic carbocycles. The first-order valence-corrected chi connectivity index (χ1v) is 16.5. The third kappa shape index (κ3) is 6.43. The lowest BCUT2D eigenvalue weighted by Gasteiger charge is -2.27. The van der Waals surface area contributed by atoms with Gasteiger partial charge in [0.25, 0.3) is 0 Å². The van der Waals surface area contributed by atoms with Gasteiger partial charge in [-0.3, -0.25) is 9.59 Å². The molecule has 0 N–H and O–H groups in total. The van der Waals surface area contributed by atoms with E-state index in [0.717, 1.165) is 100 Å². The van der Waals surface area contributed by atoms with Gasteiger partial charge in [-0.1, -0.05) is 6.07 Å². The Kier molecular flexibility index (Phi) is 9.12. The van der Waals surface area contributed by atoms with Crippen LogP contribution in [0.3, 0.4) is 0 Å². The van der Waals surface area contributed by atoms with Crippen LogP contribution >= 0.6 is 11.3 Å². The third-order valence-corrected chi connectivity index (χ3v) is 10.5. The minimum atomic E-state index is -0.107. The van der Waals surface area contributed by atoms with Gasteiger partial charge in [0.2, 0.25) is 0 Å². The van der Waals surface area contributed by atoms with E-state index >= 15 is 0 Å². The number of carbonyl (C=O) groups is 2. The average molecular weight is 620 g/mol. The Bertz CT molecular complexity index is 1560. The average Bonchev–Trinajstić information content (AvgIpc) is 3.68. The van der Waals surface area contributed by atoms with Gasteiger partial charge in [0.1, 0.15) is 27.3 Å². The molecule has 2 aromatic heterocycles. The number of ether oxygens (including phenoxy) is 4. The molecule has 0 radical (unpaired) electrons. The number of carbonyl (C=O) groups excluding carboxylic acids is 2. The topological polar surface area (TPSA) is 97.1 Å². The van der Waals surface area contributed by atoms with E-state index in [1.165, 1.54) is 19.8 Å². The van der Waals surface area contributed by atoms with Crippen LogP contribution in [-0.2, 0) is 19.1 Å². The molecule has 0 unspecified atom stereocenters. The van der Waals surface area contributed by atoms with Crippen molar-refractivity contribution in [1.29, 1.82) is 0 Å². The van der Waals surface area contributed by atoms with Gasteiger partial charge in [-0.2, -0.15) is 0 Å². The van der Waals surface area contributed by atoms with Gasteiger partial charge in [-0.15, -0.1) is 11.3 Å². The van der Waals surface area contributed by atoms with Crippen LogP contribution in [0.1, 0.15) is 62.5 Å². The van der Waals surface area contributed by atoms with Crippen molar-refractivity contribution < 1.29 is 33.0 Å². The quantitative estimate of drug-likeness (QED) is 0.174. The van der Waals surface area contributed by atoms with Crippen molar-refractivity contribution in [3.63, 3.8) is 0 Å². The van der Waals surface area contributed by atoms with Crippen LogP contribution in [0.2, 0.25) is 0 Å².